The van der Waals surface area contributed by atoms with Crippen LogP contribution in [0.15, 0.2) is 326 Å². The van der Waals surface area contributed by atoms with Gasteiger partial charge < -0.3 is 37.0 Å². The second-order valence-corrected chi connectivity index (χ2v) is 25.7. The molecule has 0 amide bonds. The van der Waals surface area contributed by atoms with Gasteiger partial charge in [-0.2, -0.15) is 0 Å². The van der Waals surface area contributed by atoms with Crippen molar-refractivity contribution >= 4 is 176 Å². The third-order valence-electron chi connectivity index (χ3n) is 18.6. The number of halogens is 2. The Morgan fingerprint density at radius 2 is 0.495 bits per heavy atom. The van der Waals surface area contributed by atoms with Crippen LogP contribution in [0.4, 0.5) is 0 Å². The van der Waals surface area contributed by atoms with Gasteiger partial charge in [0.15, 0.2) is 0 Å². The van der Waals surface area contributed by atoms with Crippen molar-refractivity contribution in [3.8, 4) is 39.3 Å². The first-order valence-corrected chi connectivity index (χ1v) is 33.1. The quantitative estimate of drug-likeness (QED) is 0.162. The third kappa shape index (κ3) is 9.49. The highest BCUT2D eigenvalue weighted by molar-refractivity contribution is 9.13. The molecule has 2 N–H and O–H groups in total. The van der Waals surface area contributed by atoms with Gasteiger partial charge in [-0.25, -0.2) is 0 Å². The molecule has 20 aromatic rings. The molecule has 0 spiro atoms. The van der Waals surface area contributed by atoms with Gasteiger partial charge >= 0.3 is 7.12 Å². The second kappa shape index (κ2) is 22.8. The molecule has 14 aromatic carbocycles. The molecule has 6 heterocycles. The van der Waals surface area contributed by atoms with Crippen LogP contribution in [0.5, 0.6) is 0 Å². The highest BCUT2D eigenvalue weighted by atomic mass is 79.9. The summed E-state index contributed by atoms with van der Waals surface area (Å²) in [7, 11) is -1.51. The molecule has 11 heteroatoms. The lowest BCUT2D eigenvalue weighted by molar-refractivity contribution is 0.426. The molecule has 0 bridgehead atoms. The number of furan rings is 3. The predicted molar refractivity (Wildman–Crippen MR) is 400 cm³/mol. The maximum absolute atomic E-state index is 9.56. The summed E-state index contributed by atoms with van der Waals surface area (Å²) in [5.41, 5.74) is 20.4. The Labute approximate surface area is 560 Å². The first kappa shape index (κ1) is 56.6. The van der Waals surface area contributed by atoms with Crippen LogP contribution in [0.2, 0.25) is 0 Å². The van der Waals surface area contributed by atoms with Gasteiger partial charge in [-0.3, -0.25) is 0 Å². The van der Waals surface area contributed by atoms with E-state index in [4.69, 9.17) is 13.3 Å². The summed E-state index contributed by atoms with van der Waals surface area (Å²) in [6, 6.07) is 106. The molecule has 20 rings (SSSR count). The molecule has 0 radical (unpaired) electrons. The van der Waals surface area contributed by atoms with Crippen molar-refractivity contribution < 1.29 is 23.3 Å². The van der Waals surface area contributed by atoms with E-state index in [9.17, 15) is 10.0 Å². The Morgan fingerprint density at radius 3 is 0.800 bits per heavy atom. The summed E-state index contributed by atoms with van der Waals surface area (Å²) >= 11 is 6.70. The van der Waals surface area contributed by atoms with Gasteiger partial charge in [0.2, 0.25) is 0 Å². The molecule has 0 aliphatic rings. The summed E-state index contributed by atoms with van der Waals surface area (Å²) in [6.45, 7) is 0. The number of benzene rings is 14. The topological polar surface area (TPSA) is 94.7 Å². The zero-order valence-corrected chi connectivity index (χ0v) is 53.8. The van der Waals surface area contributed by atoms with Crippen LogP contribution in [-0.4, -0.2) is 30.9 Å². The van der Waals surface area contributed by atoms with E-state index >= 15 is 0 Å². The van der Waals surface area contributed by atoms with E-state index in [0.29, 0.717) is 5.46 Å². The van der Waals surface area contributed by atoms with Crippen molar-refractivity contribution in [3.63, 3.8) is 0 Å². The average Bonchev–Trinajstić information content (AvgIpc) is 1.61. The normalized spacial score (nSPS) is 11.8. The van der Waals surface area contributed by atoms with Crippen LogP contribution in [-0.2, 0) is 0 Å². The van der Waals surface area contributed by atoms with Crippen molar-refractivity contribution in [2.75, 3.05) is 0 Å². The maximum Gasteiger partial charge on any atom is 0.488 e. The largest absolute Gasteiger partial charge is 0.488 e. The lowest BCUT2D eigenvalue weighted by Crippen LogP contribution is -2.29. The van der Waals surface area contributed by atoms with Crippen molar-refractivity contribution in [2.24, 2.45) is 0 Å². The minimum absolute atomic E-state index is 0.447. The van der Waals surface area contributed by atoms with E-state index in [1.54, 1.807) is 18.2 Å². The van der Waals surface area contributed by atoms with Gasteiger partial charge in [0, 0.05) is 90.6 Å². The highest BCUT2D eigenvalue weighted by Crippen LogP contribution is 2.43. The monoisotopic (exact) mass is 1350 g/mol. The molecule has 0 aliphatic carbocycles. The Bertz CT molecular complexity index is 6030. The fraction of sp³-hybridized carbons (Fsp3) is 0. The first-order valence-electron chi connectivity index (χ1n) is 31.5. The Kier molecular flexibility index (Phi) is 13.6. The number of hydrogen-bond acceptors (Lipinski definition) is 5. The summed E-state index contributed by atoms with van der Waals surface area (Å²) in [4.78, 5) is 0. The molecule has 8 nitrogen and oxygen atoms in total. The molecular weight excluding hydrogens is 1300 g/mol. The number of fused-ring (bicyclic) bond motifs is 18. The summed E-state index contributed by atoms with van der Waals surface area (Å²) < 4.78 is 28.0. The fourth-order valence-electron chi connectivity index (χ4n) is 14.3. The van der Waals surface area contributed by atoms with E-state index in [1.807, 2.05) is 30.3 Å². The van der Waals surface area contributed by atoms with Gasteiger partial charge in [0.05, 0.1) is 33.1 Å². The second-order valence-electron chi connectivity index (χ2n) is 24.0. The minimum Gasteiger partial charge on any atom is -0.456 e. The zero-order chi connectivity index (χ0) is 63.4. The van der Waals surface area contributed by atoms with Gasteiger partial charge in [-0.15, -0.1) is 0 Å². The van der Waals surface area contributed by atoms with Crippen LogP contribution in [0.1, 0.15) is 0 Å². The summed E-state index contributed by atoms with van der Waals surface area (Å²) in [5.74, 6) is 0. The Hall–Kier alpha value is -11.2. The smallest absolute Gasteiger partial charge is 0.456 e. The summed E-state index contributed by atoms with van der Waals surface area (Å²) in [6.07, 6.45) is 0. The minimum atomic E-state index is -1.51. The average molecular weight is 1350 g/mol. The SMILES string of the molecule is Brc1ccccc1Br.OB(O)c1ccc2oc3ccc(-n4c5ccccc5c5ccccc54)cc3c2c1.c1ccc(-c2ccc3oc4ccc(-n5c6ccccc6c6ccccc65)cc4c3c2)c(-c2ccc3oc4ccc(-n5c6ccccc6c6ccccc65)cc4c3c2)c1. The number of nitrogens with zero attached hydrogens (tertiary/aromatic N) is 3. The molecule has 0 unspecified atom stereocenters. The van der Waals surface area contributed by atoms with E-state index in [0.717, 1.165) is 125 Å². The number of rotatable bonds is 6. The molecule has 6 aromatic heterocycles. The molecule has 0 saturated carbocycles. The van der Waals surface area contributed by atoms with Gasteiger partial charge in [-0.1, -0.05) is 170 Å². The maximum atomic E-state index is 9.56. The Balaban J connectivity index is 0.000000147. The van der Waals surface area contributed by atoms with E-state index < -0.39 is 7.12 Å². The lowest BCUT2D eigenvalue weighted by atomic mass is 9.80. The van der Waals surface area contributed by atoms with Crippen molar-refractivity contribution in [2.45, 2.75) is 0 Å². The van der Waals surface area contributed by atoms with E-state index in [1.165, 1.54) is 54.4 Å². The highest BCUT2D eigenvalue weighted by Gasteiger charge is 2.21. The van der Waals surface area contributed by atoms with Gasteiger partial charge in [0.25, 0.3) is 0 Å². The number of hydrogen-bond donors (Lipinski definition) is 2. The van der Waals surface area contributed by atoms with Gasteiger partial charge in [0.1, 0.15) is 33.5 Å². The van der Waals surface area contributed by atoms with Crippen molar-refractivity contribution in [3.05, 3.63) is 312 Å². The number of para-hydroxylation sites is 6. The van der Waals surface area contributed by atoms with Crippen molar-refractivity contribution in [1.82, 2.24) is 13.7 Å². The van der Waals surface area contributed by atoms with Crippen LogP contribution >= 0.6 is 31.9 Å². The van der Waals surface area contributed by atoms with E-state index in [-0.39, 0.29) is 0 Å². The first-order chi connectivity index (χ1) is 46.8. The molecule has 450 valence electrons. The molecular formula is C84H52BBr2N3O5. The molecule has 95 heavy (non-hydrogen) atoms. The molecule has 0 fully saturated rings. The molecule has 0 aliphatic heterocycles. The van der Waals surface area contributed by atoms with Crippen molar-refractivity contribution in [1.29, 1.82) is 0 Å². The molecule has 0 saturated heterocycles. The molecule has 0 atom stereocenters. The van der Waals surface area contributed by atoms with Crippen LogP contribution < -0.4 is 5.46 Å². The number of aromatic nitrogens is 3. The zero-order valence-electron chi connectivity index (χ0n) is 50.7. The summed E-state index contributed by atoms with van der Waals surface area (Å²) in [5, 5.41) is 32.7. The lowest BCUT2D eigenvalue weighted by Gasteiger charge is -2.11. The Morgan fingerprint density at radius 1 is 0.242 bits per heavy atom. The third-order valence-corrected chi connectivity index (χ3v) is 20.5. The van der Waals surface area contributed by atoms with E-state index in [2.05, 4.69) is 300 Å². The fourth-order valence-corrected chi connectivity index (χ4v) is 14.8. The standard InChI is InChI=1S/C54H32N2O2.C24H16BNO3.C6H4Br2/c1-2-12-38(34-22-26-52-44(30-34)46-32-36(24-28-54(46)58-52)56-49-19-9-5-15-41(49)42-16-6-10-20-50(42)56)37(11-1)33-21-25-51-43(29-33)45-31-35(23-27-53(45)57-51)55-47-17-7-3-13-39(47)40-14-4-8-18-48(40)55;27-25(28)15-9-11-23-19(13-15)20-14-16(10-12-24(20)29-23)26-21-7-3-1-5-17(21)18-6-2-4-8-22(18)26;7-5-3-1-2-4-6(5)8/h1-32H;1-14,27-28H;1-4H. The van der Waals surface area contributed by atoms with Gasteiger partial charge in [-0.05, 0) is 193 Å². The van der Waals surface area contributed by atoms with Crippen LogP contribution in [0, 0.1) is 0 Å². The van der Waals surface area contributed by atoms with Crippen LogP contribution in [0.3, 0.4) is 0 Å². The predicted octanol–water partition coefficient (Wildman–Crippen LogP) is 22.6. The van der Waals surface area contributed by atoms with Crippen LogP contribution in [0.25, 0.3) is 171 Å².